The number of hydrogen-bond acceptors (Lipinski definition) is 5. The minimum absolute atomic E-state index is 0.0678. The van der Waals surface area contributed by atoms with Gasteiger partial charge >= 0.3 is 0 Å². The molecular weight excluding hydrogens is 327 g/mol. The van der Waals surface area contributed by atoms with Crippen molar-refractivity contribution in [3.63, 3.8) is 0 Å². The Morgan fingerprint density at radius 3 is 2.82 bits per heavy atom. The van der Waals surface area contributed by atoms with Crippen LogP contribution in [-0.2, 0) is 4.79 Å². The summed E-state index contributed by atoms with van der Waals surface area (Å²) >= 11 is 7.11. The lowest BCUT2D eigenvalue weighted by Gasteiger charge is -2.16. The predicted molar refractivity (Wildman–Crippen MR) is 81.7 cm³/mol. The minimum atomic E-state index is -0.993. The standard InChI is InChI=1S/C15H12ClFN2O2S/c1-8-7-22-15(19-8)11(6-18)14(20)9(2)21-13-4-3-10(17)5-12(13)16/h3-5,7,9,11H,1-2H3/t9-,11-/m0/s1. The van der Waals surface area contributed by atoms with Crippen LogP contribution in [0.15, 0.2) is 23.6 Å². The summed E-state index contributed by atoms with van der Waals surface area (Å²) in [5, 5.41) is 11.5. The molecule has 0 saturated heterocycles. The third kappa shape index (κ3) is 3.62. The molecule has 0 spiro atoms. The van der Waals surface area contributed by atoms with Crippen LogP contribution >= 0.6 is 22.9 Å². The fourth-order valence-electron chi connectivity index (χ4n) is 1.80. The van der Waals surface area contributed by atoms with Crippen molar-refractivity contribution in [3.8, 4) is 11.8 Å². The van der Waals surface area contributed by atoms with Gasteiger partial charge in [-0.2, -0.15) is 5.26 Å². The molecule has 1 aromatic heterocycles. The zero-order valence-electron chi connectivity index (χ0n) is 11.8. The van der Waals surface area contributed by atoms with E-state index in [0.717, 1.165) is 11.8 Å². The third-order valence-corrected chi connectivity index (χ3v) is 4.22. The van der Waals surface area contributed by atoms with Gasteiger partial charge in [-0.25, -0.2) is 9.37 Å². The van der Waals surface area contributed by atoms with Crippen LogP contribution in [0.3, 0.4) is 0 Å². The number of ether oxygens (including phenoxy) is 1. The Balaban J connectivity index is 2.16. The SMILES string of the molecule is Cc1csc([C@@H](C#N)C(=O)[C@H](C)Oc2ccc(F)cc2Cl)n1. The van der Waals surface area contributed by atoms with Crippen LogP contribution in [0.2, 0.25) is 5.02 Å². The highest BCUT2D eigenvalue weighted by Gasteiger charge is 2.29. The molecule has 0 N–H and O–H groups in total. The normalized spacial score (nSPS) is 13.2. The number of aryl methyl sites for hydroxylation is 1. The van der Waals surface area contributed by atoms with Crippen molar-refractivity contribution < 1.29 is 13.9 Å². The van der Waals surface area contributed by atoms with Gasteiger partial charge in [-0.3, -0.25) is 4.79 Å². The van der Waals surface area contributed by atoms with Crippen molar-refractivity contribution in [2.75, 3.05) is 0 Å². The zero-order chi connectivity index (χ0) is 16.3. The first-order valence-electron chi connectivity index (χ1n) is 6.39. The van der Waals surface area contributed by atoms with Gasteiger partial charge in [0.2, 0.25) is 0 Å². The van der Waals surface area contributed by atoms with Crippen molar-refractivity contribution >= 4 is 28.7 Å². The fourth-order valence-corrected chi connectivity index (χ4v) is 2.86. The molecule has 0 aliphatic carbocycles. The molecule has 1 heterocycles. The second kappa shape index (κ2) is 6.86. The molecule has 0 amide bonds. The van der Waals surface area contributed by atoms with Gasteiger partial charge in [0.25, 0.3) is 0 Å². The summed E-state index contributed by atoms with van der Waals surface area (Å²) in [7, 11) is 0. The molecule has 4 nitrogen and oxygen atoms in total. The summed E-state index contributed by atoms with van der Waals surface area (Å²) < 4.78 is 18.4. The number of ketones is 1. The van der Waals surface area contributed by atoms with Gasteiger partial charge in [0.15, 0.2) is 17.8 Å². The lowest BCUT2D eigenvalue weighted by Crippen LogP contribution is -2.28. The minimum Gasteiger partial charge on any atom is -0.481 e. The maximum Gasteiger partial charge on any atom is 0.196 e. The van der Waals surface area contributed by atoms with E-state index in [4.69, 9.17) is 16.3 Å². The molecule has 0 aliphatic rings. The van der Waals surface area contributed by atoms with Crippen LogP contribution in [0, 0.1) is 24.1 Å². The average Bonchev–Trinajstić information content (AvgIpc) is 2.89. The maximum atomic E-state index is 13.0. The van der Waals surface area contributed by atoms with Gasteiger partial charge in [0.1, 0.15) is 16.6 Å². The van der Waals surface area contributed by atoms with Crippen LogP contribution in [-0.4, -0.2) is 16.9 Å². The van der Waals surface area contributed by atoms with Crippen LogP contribution in [0.25, 0.3) is 0 Å². The first kappa shape index (κ1) is 16.4. The third-order valence-electron chi connectivity index (χ3n) is 2.90. The smallest absolute Gasteiger partial charge is 0.196 e. The number of thiazole rings is 1. The van der Waals surface area contributed by atoms with E-state index in [1.807, 2.05) is 6.07 Å². The molecule has 2 rings (SSSR count). The van der Waals surface area contributed by atoms with Crippen molar-refractivity contribution in [2.45, 2.75) is 25.9 Å². The van der Waals surface area contributed by atoms with E-state index in [1.165, 1.54) is 30.4 Å². The molecule has 2 aromatic rings. The Kier molecular flexibility index (Phi) is 5.11. The summed E-state index contributed by atoms with van der Waals surface area (Å²) in [4.78, 5) is 16.5. The molecule has 1 aromatic carbocycles. The topological polar surface area (TPSA) is 63.0 Å². The van der Waals surface area contributed by atoms with E-state index in [2.05, 4.69) is 4.98 Å². The second-order valence-corrected chi connectivity index (χ2v) is 5.92. The largest absolute Gasteiger partial charge is 0.481 e. The van der Waals surface area contributed by atoms with E-state index in [0.29, 0.717) is 5.01 Å². The second-order valence-electron chi connectivity index (χ2n) is 4.63. The van der Waals surface area contributed by atoms with Crippen LogP contribution in [0.5, 0.6) is 5.75 Å². The Morgan fingerprint density at radius 2 is 2.27 bits per heavy atom. The molecule has 0 saturated carbocycles. The lowest BCUT2D eigenvalue weighted by atomic mass is 10.0. The van der Waals surface area contributed by atoms with Crippen LogP contribution in [0.1, 0.15) is 23.5 Å². The highest BCUT2D eigenvalue weighted by molar-refractivity contribution is 7.09. The van der Waals surface area contributed by atoms with Crippen molar-refractivity contribution in [1.82, 2.24) is 4.98 Å². The maximum absolute atomic E-state index is 13.0. The number of nitrogens with zero attached hydrogens (tertiary/aromatic N) is 2. The van der Waals surface area contributed by atoms with Gasteiger partial charge in [-0.05, 0) is 32.0 Å². The van der Waals surface area contributed by atoms with Gasteiger partial charge < -0.3 is 4.74 Å². The molecule has 0 fully saturated rings. The number of halogens is 2. The molecule has 7 heteroatoms. The summed E-state index contributed by atoms with van der Waals surface area (Å²) in [5.74, 6) is -1.72. The number of Topliss-reactive ketones (excluding diaryl/α,β-unsaturated/α-hetero) is 1. The molecule has 0 unspecified atom stereocenters. The Morgan fingerprint density at radius 1 is 1.55 bits per heavy atom. The Labute approximate surface area is 136 Å². The summed E-state index contributed by atoms with van der Waals surface area (Å²) in [6.45, 7) is 3.31. The first-order valence-corrected chi connectivity index (χ1v) is 7.65. The number of rotatable bonds is 5. The molecule has 114 valence electrons. The van der Waals surface area contributed by atoms with E-state index >= 15 is 0 Å². The Bertz CT molecular complexity index is 741. The number of hydrogen-bond donors (Lipinski definition) is 0. The summed E-state index contributed by atoms with van der Waals surface area (Å²) in [5.41, 5.74) is 0.753. The monoisotopic (exact) mass is 338 g/mol. The van der Waals surface area contributed by atoms with Crippen molar-refractivity contribution in [2.24, 2.45) is 0 Å². The predicted octanol–water partition coefficient (Wildman–Crippen LogP) is 3.89. The van der Waals surface area contributed by atoms with E-state index in [1.54, 1.807) is 12.3 Å². The summed E-state index contributed by atoms with van der Waals surface area (Å²) in [6.07, 6.45) is -0.906. The van der Waals surface area contributed by atoms with E-state index in [-0.39, 0.29) is 10.8 Å². The molecule has 22 heavy (non-hydrogen) atoms. The molecular formula is C15H12ClFN2O2S. The zero-order valence-corrected chi connectivity index (χ0v) is 13.4. The molecule has 0 bridgehead atoms. The molecule has 0 aliphatic heterocycles. The quantitative estimate of drug-likeness (QED) is 0.829. The van der Waals surface area contributed by atoms with Gasteiger partial charge in [0.05, 0.1) is 11.1 Å². The number of carbonyl (C=O) groups excluding carboxylic acids is 1. The number of nitriles is 1. The summed E-state index contributed by atoms with van der Waals surface area (Å²) in [6, 6.07) is 5.57. The number of benzene rings is 1. The highest BCUT2D eigenvalue weighted by Crippen LogP contribution is 2.28. The van der Waals surface area contributed by atoms with Gasteiger partial charge in [0, 0.05) is 11.1 Å². The van der Waals surface area contributed by atoms with Crippen LogP contribution in [0.4, 0.5) is 4.39 Å². The number of aromatic nitrogens is 1. The van der Waals surface area contributed by atoms with Crippen molar-refractivity contribution in [1.29, 1.82) is 5.26 Å². The van der Waals surface area contributed by atoms with Crippen LogP contribution < -0.4 is 4.74 Å². The fraction of sp³-hybridized carbons (Fsp3) is 0.267. The van der Waals surface area contributed by atoms with Gasteiger partial charge in [-0.1, -0.05) is 11.6 Å². The van der Waals surface area contributed by atoms with E-state index < -0.39 is 23.6 Å². The average molecular weight is 339 g/mol. The van der Waals surface area contributed by atoms with Crippen molar-refractivity contribution in [3.05, 3.63) is 45.1 Å². The Hall–Kier alpha value is -1.97. The van der Waals surface area contributed by atoms with E-state index in [9.17, 15) is 14.4 Å². The molecule has 0 radical (unpaired) electrons. The molecule has 2 atom stereocenters. The first-order chi connectivity index (χ1) is 10.4. The number of carbonyl (C=O) groups is 1. The van der Waals surface area contributed by atoms with Gasteiger partial charge in [-0.15, -0.1) is 11.3 Å². The highest BCUT2D eigenvalue weighted by atomic mass is 35.5. The lowest BCUT2D eigenvalue weighted by molar-refractivity contribution is -0.125.